The van der Waals surface area contributed by atoms with Crippen LogP contribution in [0.1, 0.15) is 49.7 Å². The molecule has 5 rings (SSSR count). The standard InChI is InChI=1S/C23H28N4OS/c1-29-22-24-15-18-14-23(27(20(18)25-22)19-10-5-6-11-19)12-7-13-26(21(23)28)16-17-8-3-2-4-9-17/h2-4,8-9,15,19H,5-7,10-14,16H2,1H3. The number of amides is 1. The summed E-state index contributed by atoms with van der Waals surface area (Å²) < 4.78 is 0. The molecule has 1 aliphatic carbocycles. The first-order valence-electron chi connectivity index (χ1n) is 10.7. The highest BCUT2D eigenvalue weighted by Crippen LogP contribution is 2.47. The maximum absolute atomic E-state index is 14.0. The van der Waals surface area contributed by atoms with Crippen LogP contribution in [0.4, 0.5) is 5.82 Å². The topological polar surface area (TPSA) is 49.3 Å². The Hall–Kier alpha value is -2.08. The SMILES string of the molecule is CSc1ncc2c(n1)N(C1CCCC1)C1(CCCN(Cc3ccccc3)C1=O)C2. The Kier molecular flexibility index (Phi) is 4.98. The van der Waals surface area contributed by atoms with Crippen LogP contribution < -0.4 is 4.90 Å². The van der Waals surface area contributed by atoms with Gasteiger partial charge in [-0.1, -0.05) is 54.9 Å². The van der Waals surface area contributed by atoms with E-state index in [-0.39, 0.29) is 5.91 Å². The molecule has 1 unspecified atom stereocenters. The Bertz CT molecular complexity index is 899. The van der Waals surface area contributed by atoms with E-state index in [1.807, 2.05) is 18.5 Å². The molecule has 1 aromatic carbocycles. The summed E-state index contributed by atoms with van der Waals surface area (Å²) in [5.74, 6) is 1.30. The highest BCUT2D eigenvalue weighted by Gasteiger charge is 2.55. The summed E-state index contributed by atoms with van der Waals surface area (Å²) in [5.41, 5.74) is 1.87. The number of carbonyl (C=O) groups is 1. The smallest absolute Gasteiger partial charge is 0.249 e. The van der Waals surface area contributed by atoms with E-state index in [4.69, 9.17) is 4.98 Å². The molecule has 2 fully saturated rings. The van der Waals surface area contributed by atoms with E-state index in [2.05, 4.69) is 39.0 Å². The summed E-state index contributed by atoms with van der Waals surface area (Å²) in [7, 11) is 0. The second kappa shape index (κ2) is 7.63. The number of thioether (sulfide) groups is 1. The van der Waals surface area contributed by atoms with Gasteiger partial charge in [-0.3, -0.25) is 4.79 Å². The molecule has 1 amide bonds. The van der Waals surface area contributed by atoms with Gasteiger partial charge in [0, 0.05) is 37.3 Å². The van der Waals surface area contributed by atoms with Gasteiger partial charge in [0.1, 0.15) is 11.4 Å². The monoisotopic (exact) mass is 408 g/mol. The van der Waals surface area contributed by atoms with Crippen molar-refractivity contribution >= 4 is 23.5 Å². The lowest BCUT2D eigenvalue weighted by Crippen LogP contribution is -2.63. The number of hydrogen-bond acceptors (Lipinski definition) is 5. The number of hydrogen-bond donors (Lipinski definition) is 0. The minimum absolute atomic E-state index is 0.281. The Labute approximate surface area is 176 Å². The van der Waals surface area contributed by atoms with Crippen molar-refractivity contribution in [2.45, 2.75) is 68.2 Å². The van der Waals surface area contributed by atoms with Crippen LogP contribution in [0.25, 0.3) is 0 Å². The first-order chi connectivity index (χ1) is 14.2. The summed E-state index contributed by atoms with van der Waals surface area (Å²) in [6.07, 6.45) is 11.5. The van der Waals surface area contributed by atoms with Gasteiger partial charge in [-0.05, 0) is 37.5 Å². The van der Waals surface area contributed by atoms with Gasteiger partial charge in [-0.25, -0.2) is 9.97 Å². The number of anilines is 1. The molecule has 152 valence electrons. The van der Waals surface area contributed by atoms with Gasteiger partial charge in [0.2, 0.25) is 5.91 Å². The van der Waals surface area contributed by atoms with Crippen molar-refractivity contribution in [3.63, 3.8) is 0 Å². The number of likely N-dealkylation sites (tertiary alicyclic amines) is 1. The van der Waals surface area contributed by atoms with Crippen molar-refractivity contribution in [3.8, 4) is 0 Å². The summed E-state index contributed by atoms with van der Waals surface area (Å²) in [4.78, 5) is 27.9. The highest BCUT2D eigenvalue weighted by atomic mass is 32.2. The second-order valence-corrected chi connectivity index (χ2v) is 9.31. The van der Waals surface area contributed by atoms with Crippen molar-refractivity contribution in [2.24, 2.45) is 0 Å². The van der Waals surface area contributed by atoms with E-state index in [0.29, 0.717) is 12.6 Å². The Morgan fingerprint density at radius 3 is 2.72 bits per heavy atom. The zero-order valence-corrected chi connectivity index (χ0v) is 17.8. The quantitative estimate of drug-likeness (QED) is 0.564. The van der Waals surface area contributed by atoms with Crippen LogP contribution in [0.15, 0.2) is 41.7 Å². The van der Waals surface area contributed by atoms with E-state index in [1.165, 1.54) is 18.4 Å². The van der Waals surface area contributed by atoms with Gasteiger partial charge in [0.25, 0.3) is 0 Å². The molecule has 1 spiro atoms. The predicted octanol–water partition coefficient (Wildman–Crippen LogP) is 4.07. The molecule has 1 saturated heterocycles. The first kappa shape index (κ1) is 18.9. The third kappa shape index (κ3) is 3.21. The zero-order valence-electron chi connectivity index (χ0n) is 17.0. The molecule has 1 saturated carbocycles. The normalized spacial score (nSPS) is 24.5. The molecule has 0 bridgehead atoms. The predicted molar refractivity (Wildman–Crippen MR) is 116 cm³/mol. The number of nitrogens with zero attached hydrogens (tertiary/aromatic N) is 4. The average Bonchev–Trinajstić information content (AvgIpc) is 3.37. The summed E-state index contributed by atoms with van der Waals surface area (Å²) in [5, 5.41) is 0.799. The maximum Gasteiger partial charge on any atom is 0.249 e. The van der Waals surface area contributed by atoms with Crippen LogP contribution in [-0.4, -0.2) is 45.2 Å². The molecule has 3 heterocycles. The third-order valence-corrected chi connectivity index (χ3v) is 7.35. The third-order valence-electron chi connectivity index (χ3n) is 6.78. The lowest BCUT2D eigenvalue weighted by atomic mass is 9.83. The van der Waals surface area contributed by atoms with Gasteiger partial charge < -0.3 is 9.80 Å². The molecule has 1 atom stereocenters. The van der Waals surface area contributed by atoms with Crippen LogP contribution in [-0.2, 0) is 17.8 Å². The Balaban J connectivity index is 1.52. The van der Waals surface area contributed by atoms with Crippen LogP contribution in [0.5, 0.6) is 0 Å². The minimum atomic E-state index is -0.476. The van der Waals surface area contributed by atoms with Crippen molar-refractivity contribution in [2.75, 3.05) is 17.7 Å². The number of fused-ring (bicyclic) bond motifs is 1. The van der Waals surface area contributed by atoms with E-state index in [0.717, 1.165) is 55.2 Å². The lowest BCUT2D eigenvalue weighted by Gasteiger charge is -2.47. The Morgan fingerprint density at radius 1 is 1.17 bits per heavy atom. The summed E-state index contributed by atoms with van der Waals surface area (Å²) in [6, 6.07) is 10.8. The van der Waals surface area contributed by atoms with Gasteiger partial charge in [0.05, 0.1) is 0 Å². The molecule has 6 heteroatoms. The fraction of sp³-hybridized carbons (Fsp3) is 0.522. The van der Waals surface area contributed by atoms with Crippen molar-refractivity contribution in [1.29, 1.82) is 0 Å². The number of rotatable bonds is 4. The average molecular weight is 409 g/mol. The lowest BCUT2D eigenvalue weighted by molar-refractivity contribution is -0.141. The molecule has 1 aromatic heterocycles. The van der Waals surface area contributed by atoms with Crippen LogP contribution >= 0.6 is 11.8 Å². The number of piperidine rings is 1. The molecule has 0 N–H and O–H groups in total. The van der Waals surface area contributed by atoms with Gasteiger partial charge >= 0.3 is 0 Å². The fourth-order valence-corrected chi connectivity index (χ4v) is 5.84. The van der Waals surface area contributed by atoms with Gasteiger partial charge in [0.15, 0.2) is 5.16 Å². The Morgan fingerprint density at radius 2 is 1.97 bits per heavy atom. The maximum atomic E-state index is 14.0. The summed E-state index contributed by atoms with van der Waals surface area (Å²) >= 11 is 1.57. The molecule has 29 heavy (non-hydrogen) atoms. The zero-order chi connectivity index (χ0) is 19.8. The largest absolute Gasteiger partial charge is 0.338 e. The van der Waals surface area contributed by atoms with E-state index < -0.39 is 5.54 Å². The van der Waals surface area contributed by atoms with Gasteiger partial charge in [-0.15, -0.1) is 0 Å². The van der Waals surface area contributed by atoms with E-state index in [1.54, 1.807) is 11.8 Å². The molecule has 5 nitrogen and oxygen atoms in total. The molecule has 2 aromatic rings. The number of benzene rings is 1. The molecule has 2 aliphatic heterocycles. The van der Waals surface area contributed by atoms with Crippen molar-refractivity contribution < 1.29 is 4.79 Å². The first-order valence-corrected chi connectivity index (χ1v) is 12.0. The second-order valence-electron chi connectivity index (χ2n) is 8.54. The fourth-order valence-electron chi connectivity index (χ4n) is 5.51. The molecular formula is C23H28N4OS. The highest BCUT2D eigenvalue weighted by molar-refractivity contribution is 7.98. The van der Waals surface area contributed by atoms with Crippen LogP contribution in [0, 0.1) is 0 Å². The minimum Gasteiger partial charge on any atom is -0.338 e. The number of carbonyl (C=O) groups excluding carboxylic acids is 1. The van der Waals surface area contributed by atoms with E-state index in [9.17, 15) is 4.79 Å². The van der Waals surface area contributed by atoms with Crippen molar-refractivity contribution in [3.05, 3.63) is 47.7 Å². The van der Waals surface area contributed by atoms with Crippen LogP contribution in [0.3, 0.4) is 0 Å². The number of aromatic nitrogens is 2. The van der Waals surface area contributed by atoms with Gasteiger partial charge in [-0.2, -0.15) is 0 Å². The van der Waals surface area contributed by atoms with Crippen molar-refractivity contribution in [1.82, 2.24) is 14.9 Å². The molecular weight excluding hydrogens is 380 g/mol. The van der Waals surface area contributed by atoms with E-state index >= 15 is 0 Å². The van der Waals surface area contributed by atoms with Crippen LogP contribution in [0.2, 0.25) is 0 Å². The molecule has 3 aliphatic rings. The summed E-state index contributed by atoms with van der Waals surface area (Å²) in [6.45, 7) is 1.53. The molecule has 0 radical (unpaired) electrons.